The first-order valence-corrected chi connectivity index (χ1v) is 9.08. The summed E-state index contributed by atoms with van der Waals surface area (Å²) in [7, 11) is 0. The molecule has 1 fully saturated rings. The van der Waals surface area contributed by atoms with E-state index in [0.717, 1.165) is 25.7 Å². The first-order chi connectivity index (χ1) is 13.5. The van der Waals surface area contributed by atoms with Crippen molar-refractivity contribution in [3.63, 3.8) is 0 Å². The summed E-state index contributed by atoms with van der Waals surface area (Å²) in [4.78, 5) is 30.2. The molecule has 1 saturated carbocycles. The second-order valence-electron chi connectivity index (χ2n) is 6.68. The van der Waals surface area contributed by atoms with Gasteiger partial charge in [0.1, 0.15) is 0 Å². The van der Waals surface area contributed by atoms with Gasteiger partial charge in [-0.15, -0.1) is 0 Å². The van der Waals surface area contributed by atoms with E-state index in [1.165, 1.54) is 24.3 Å². The van der Waals surface area contributed by atoms with Crippen LogP contribution in [-0.2, 0) is 0 Å². The van der Waals surface area contributed by atoms with Crippen molar-refractivity contribution in [2.24, 2.45) is 9.98 Å². The number of nitrogens with zero attached hydrogens (tertiary/aromatic N) is 4. The van der Waals surface area contributed by atoms with Crippen LogP contribution in [0.25, 0.3) is 0 Å². The van der Waals surface area contributed by atoms with Crippen molar-refractivity contribution in [2.75, 3.05) is 0 Å². The van der Waals surface area contributed by atoms with Gasteiger partial charge in [-0.2, -0.15) is 0 Å². The summed E-state index contributed by atoms with van der Waals surface area (Å²) in [5.74, 6) is 0. The molecule has 0 bridgehead atoms. The summed E-state index contributed by atoms with van der Waals surface area (Å²) in [5, 5.41) is 21.8. The van der Waals surface area contributed by atoms with E-state index in [2.05, 4.69) is 9.98 Å². The average molecular weight is 380 g/mol. The summed E-state index contributed by atoms with van der Waals surface area (Å²) >= 11 is 0. The van der Waals surface area contributed by atoms with E-state index in [9.17, 15) is 20.2 Å². The number of nitro groups is 2. The third kappa shape index (κ3) is 5.06. The molecule has 0 radical (unpaired) electrons. The Balaban J connectivity index is 1.73. The molecule has 0 aliphatic heterocycles. The lowest BCUT2D eigenvalue weighted by Crippen LogP contribution is -2.27. The van der Waals surface area contributed by atoms with Gasteiger partial charge in [-0.1, -0.05) is 37.1 Å². The van der Waals surface area contributed by atoms with Crippen LogP contribution in [-0.4, -0.2) is 34.4 Å². The summed E-state index contributed by atoms with van der Waals surface area (Å²) in [6.45, 7) is 0. The molecule has 0 N–H and O–H groups in total. The topological polar surface area (TPSA) is 111 Å². The summed E-state index contributed by atoms with van der Waals surface area (Å²) in [6.07, 6.45) is 7.22. The Kier molecular flexibility index (Phi) is 6.21. The van der Waals surface area contributed by atoms with E-state index in [4.69, 9.17) is 0 Å². The summed E-state index contributed by atoms with van der Waals surface area (Å²) in [6, 6.07) is 12.7. The fourth-order valence-electron chi connectivity index (χ4n) is 3.24. The van der Waals surface area contributed by atoms with Gasteiger partial charge in [0.05, 0.1) is 21.9 Å². The molecule has 0 amide bonds. The van der Waals surface area contributed by atoms with Crippen LogP contribution in [0.5, 0.6) is 0 Å². The van der Waals surface area contributed by atoms with Gasteiger partial charge in [0, 0.05) is 36.7 Å². The number of nitro benzene ring substituents is 2. The lowest BCUT2D eigenvalue weighted by atomic mass is 9.91. The first kappa shape index (κ1) is 19.3. The van der Waals surface area contributed by atoms with Crippen molar-refractivity contribution in [1.29, 1.82) is 0 Å². The highest BCUT2D eigenvalue weighted by Gasteiger charge is 2.23. The Morgan fingerprint density at radius 1 is 0.786 bits per heavy atom. The van der Waals surface area contributed by atoms with Crippen molar-refractivity contribution in [1.82, 2.24) is 0 Å². The highest BCUT2D eigenvalue weighted by atomic mass is 16.6. The number of hydrogen-bond acceptors (Lipinski definition) is 6. The molecule has 2 atom stereocenters. The monoisotopic (exact) mass is 380 g/mol. The van der Waals surface area contributed by atoms with Crippen molar-refractivity contribution in [3.8, 4) is 0 Å². The van der Waals surface area contributed by atoms with Crippen LogP contribution in [0.3, 0.4) is 0 Å². The van der Waals surface area contributed by atoms with Gasteiger partial charge in [0.25, 0.3) is 11.4 Å². The Hall–Kier alpha value is -3.42. The molecule has 144 valence electrons. The number of rotatable bonds is 6. The molecule has 28 heavy (non-hydrogen) atoms. The molecule has 0 aromatic heterocycles. The lowest BCUT2D eigenvalue weighted by Gasteiger charge is -2.25. The van der Waals surface area contributed by atoms with Crippen molar-refractivity contribution >= 4 is 23.8 Å². The average Bonchev–Trinajstić information content (AvgIpc) is 2.71. The van der Waals surface area contributed by atoms with Gasteiger partial charge >= 0.3 is 0 Å². The SMILES string of the molecule is O=[N+]([O-])c1cccc(/C=N\C2CCCCC2/N=C\c2cccc([N+](=O)[O-])c2)c1. The molecule has 0 heterocycles. The van der Waals surface area contributed by atoms with Crippen LogP contribution in [0.1, 0.15) is 36.8 Å². The molecule has 8 nitrogen and oxygen atoms in total. The third-order valence-electron chi connectivity index (χ3n) is 4.69. The van der Waals surface area contributed by atoms with Crippen LogP contribution >= 0.6 is 0 Å². The zero-order chi connectivity index (χ0) is 19.9. The minimum atomic E-state index is -0.426. The second-order valence-corrected chi connectivity index (χ2v) is 6.68. The van der Waals surface area contributed by atoms with E-state index < -0.39 is 9.85 Å². The smallest absolute Gasteiger partial charge is 0.270 e. The molecule has 0 spiro atoms. The third-order valence-corrected chi connectivity index (χ3v) is 4.69. The largest absolute Gasteiger partial charge is 0.287 e. The van der Waals surface area contributed by atoms with E-state index in [-0.39, 0.29) is 23.5 Å². The van der Waals surface area contributed by atoms with Crippen molar-refractivity contribution in [2.45, 2.75) is 37.8 Å². The Morgan fingerprint density at radius 3 is 1.61 bits per heavy atom. The molecule has 3 rings (SSSR count). The van der Waals surface area contributed by atoms with Crippen molar-refractivity contribution < 1.29 is 9.85 Å². The minimum absolute atomic E-state index is 0.0111. The standard InChI is InChI=1S/C20H20N4O4/c25-23(26)17-7-3-5-15(11-17)13-21-19-9-1-2-10-20(19)22-14-16-6-4-8-18(12-16)24(27)28/h3-8,11-14,19-20H,1-2,9-10H2/b21-13-,22-14-. The highest BCUT2D eigenvalue weighted by Crippen LogP contribution is 2.24. The molecular formula is C20H20N4O4. The van der Waals surface area contributed by atoms with Gasteiger partial charge in [-0.05, 0) is 24.0 Å². The zero-order valence-electron chi connectivity index (χ0n) is 15.2. The number of aliphatic imine (C=N–C) groups is 2. The molecule has 2 aromatic rings. The number of benzene rings is 2. The predicted octanol–water partition coefficient (Wildman–Crippen LogP) is 4.35. The second kappa shape index (κ2) is 8.98. The molecule has 2 aromatic carbocycles. The lowest BCUT2D eigenvalue weighted by molar-refractivity contribution is -0.385. The van der Waals surface area contributed by atoms with Gasteiger partial charge in [-0.3, -0.25) is 30.2 Å². The Labute approximate surface area is 161 Å². The summed E-state index contributed by atoms with van der Waals surface area (Å²) in [5.41, 5.74) is 1.43. The van der Waals surface area contributed by atoms with E-state index in [1.807, 2.05) is 0 Å². The van der Waals surface area contributed by atoms with Crippen LogP contribution < -0.4 is 0 Å². The van der Waals surface area contributed by atoms with E-state index in [0.29, 0.717) is 11.1 Å². The fraction of sp³-hybridized carbons (Fsp3) is 0.300. The Morgan fingerprint density at radius 2 is 1.21 bits per heavy atom. The molecule has 1 aliphatic carbocycles. The van der Waals surface area contributed by atoms with Crippen LogP contribution in [0, 0.1) is 20.2 Å². The first-order valence-electron chi connectivity index (χ1n) is 9.08. The molecule has 8 heteroatoms. The molecule has 0 saturated heterocycles. The van der Waals surface area contributed by atoms with Gasteiger partial charge in [0.2, 0.25) is 0 Å². The van der Waals surface area contributed by atoms with Crippen LogP contribution in [0.15, 0.2) is 58.5 Å². The van der Waals surface area contributed by atoms with Gasteiger partial charge in [0.15, 0.2) is 0 Å². The van der Waals surface area contributed by atoms with Crippen LogP contribution in [0.4, 0.5) is 11.4 Å². The number of non-ortho nitro benzene ring substituents is 2. The Bertz CT molecular complexity index is 850. The van der Waals surface area contributed by atoms with Crippen molar-refractivity contribution in [3.05, 3.63) is 79.9 Å². The maximum atomic E-state index is 10.9. The normalized spacial score (nSPS) is 19.9. The predicted molar refractivity (Wildman–Crippen MR) is 107 cm³/mol. The maximum Gasteiger partial charge on any atom is 0.270 e. The zero-order valence-corrected chi connectivity index (χ0v) is 15.2. The minimum Gasteiger partial charge on any atom is -0.287 e. The maximum absolute atomic E-state index is 10.9. The van der Waals surface area contributed by atoms with Gasteiger partial charge in [-0.25, -0.2) is 0 Å². The molecule has 1 aliphatic rings. The summed E-state index contributed by atoms with van der Waals surface area (Å²) < 4.78 is 0. The molecular weight excluding hydrogens is 360 g/mol. The number of hydrogen-bond donors (Lipinski definition) is 0. The highest BCUT2D eigenvalue weighted by molar-refractivity contribution is 5.81. The van der Waals surface area contributed by atoms with Crippen LogP contribution in [0.2, 0.25) is 0 Å². The fourth-order valence-corrected chi connectivity index (χ4v) is 3.24. The van der Waals surface area contributed by atoms with E-state index in [1.54, 1.807) is 36.7 Å². The molecule has 2 unspecified atom stereocenters. The van der Waals surface area contributed by atoms with Gasteiger partial charge < -0.3 is 0 Å². The quantitative estimate of drug-likeness (QED) is 0.421. The van der Waals surface area contributed by atoms with E-state index >= 15 is 0 Å².